The van der Waals surface area contributed by atoms with Crippen LogP contribution < -0.4 is 5.32 Å². The molecule has 1 atom stereocenters. The molecule has 0 aromatic heterocycles. The maximum Gasteiger partial charge on any atom is 0.263 e. The predicted octanol–water partition coefficient (Wildman–Crippen LogP) is 3.65. The molecule has 0 aliphatic carbocycles. The summed E-state index contributed by atoms with van der Waals surface area (Å²) in [6, 6.07) is -0.212. The first-order valence-corrected chi connectivity index (χ1v) is 7.91. The number of benzene rings is 1. The molecule has 3 rings (SSSR count). The Kier molecular flexibility index (Phi) is 4.10. The summed E-state index contributed by atoms with van der Waals surface area (Å²) in [5.41, 5.74) is 0.0956. The van der Waals surface area contributed by atoms with Crippen molar-refractivity contribution in [3.63, 3.8) is 0 Å². The van der Waals surface area contributed by atoms with Crippen LogP contribution in [0.25, 0.3) is 0 Å². The van der Waals surface area contributed by atoms with E-state index >= 15 is 0 Å². The van der Waals surface area contributed by atoms with E-state index in [-0.39, 0.29) is 37.3 Å². The molecule has 0 unspecified atom stereocenters. The van der Waals surface area contributed by atoms with Crippen LogP contribution in [0.3, 0.4) is 0 Å². The average Bonchev–Trinajstić information content (AvgIpc) is 2.75. The largest absolute Gasteiger partial charge is 0.315 e. The summed E-state index contributed by atoms with van der Waals surface area (Å²) < 4.78 is 0. The zero-order valence-electron chi connectivity index (χ0n) is 10.7. The number of nitrogens with zero attached hydrogens (tertiary/aromatic N) is 1. The van der Waals surface area contributed by atoms with Crippen LogP contribution in [0.15, 0.2) is 0 Å². The van der Waals surface area contributed by atoms with Crippen molar-refractivity contribution >= 4 is 58.2 Å². The molecule has 2 amide bonds. The standard InChI is InChI=1S/C13H10Cl4N2O2/c14-8-6-7(9(15)11(17)10(8)16)13(21)19(12(6)20)5-2-1-3-18-4-5/h5,18H,1-4H2/t5-/m0/s1. The van der Waals surface area contributed by atoms with Crippen LogP contribution >= 0.6 is 46.4 Å². The maximum absolute atomic E-state index is 12.6. The second-order valence-corrected chi connectivity index (χ2v) is 6.50. The van der Waals surface area contributed by atoms with Gasteiger partial charge in [0.1, 0.15) is 0 Å². The number of nitrogens with one attached hydrogen (secondary N) is 1. The Hall–Kier alpha value is -0.520. The Balaban J connectivity index is 2.12. The van der Waals surface area contributed by atoms with E-state index in [9.17, 15) is 9.59 Å². The van der Waals surface area contributed by atoms with E-state index in [1.54, 1.807) is 0 Å². The maximum atomic E-state index is 12.6. The van der Waals surface area contributed by atoms with Crippen molar-refractivity contribution in [1.82, 2.24) is 10.2 Å². The summed E-state index contributed by atoms with van der Waals surface area (Å²) in [5.74, 6) is -0.927. The summed E-state index contributed by atoms with van der Waals surface area (Å²) >= 11 is 24.1. The normalized spacial score (nSPS) is 21.9. The molecule has 0 spiro atoms. The van der Waals surface area contributed by atoms with Gasteiger partial charge in [0.05, 0.1) is 37.3 Å². The van der Waals surface area contributed by atoms with Gasteiger partial charge >= 0.3 is 0 Å². The van der Waals surface area contributed by atoms with Gasteiger partial charge in [-0.1, -0.05) is 46.4 Å². The minimum Gasteiger partial charge on any atom is -0.315 e. The lowest BCUT2D eigenvalue weighted by Crippen LogP contribution is -2.48. The lowest BCUT2D eigenvalue weighted by molar-refractivity contribution is 0.0561. The van der Waals surface area contributed by atoms with E-state index in [4.69, 9.17) is 46.4 Å². The second kappa shape index (κ2) is 5.60. The summed E-state index contributed by atoms with van der Waals surface area (Å²) in [6.45, 7) is 1.43. The zero-order valence-corrected chi connectivity index (χ0v) is 13.7. The van der Waals surface area contributed by atoms with Crippen molar-refractivity contribution in [3.05, 3.63) is 31.2 Å². The van der Waals surface area contributed by atoms with Crippen LogP contribution in [-0.2, 0) is 0 Å². The fraction of sp³-hybridized carbons (Fsp3) is 0.385. The van der Waals surface area contributed by atoms with Crippen molar-refractivity contribution < 1.29 is 9.59 Å². The van der Waals surface area contributed by atoms with E-state index < -0.39 is 11.8 Å². The third kappa shape index (κ3) is 2.25. The molecule has 1 saturated heterocycles. The monoisotopic (exact) mass is 366 g/mol. The number of imide groups is 1. The van der Waals surface area contributed by atoms with Gasteiger partial charge in [-0.2, -0.15) is 0 Å². The lowest BCUT2D eigenvalue weighted by atomic mass is 10.1. The topological polar surface area (TPSA) is 49.4 Å². The molecule has 0 saturated carbocycles. The van der Waals surface area contributed by atoms with Crippen LogP contribution in [0, 0.1) is 0 Å². The van der Waals surface area contributed by atoms with Crippen LogP contribution in [0.1, 0.15) is 33.6 Å². The molecule has 2 heterocycles. The summed E-state index contributed by atoms with van der Waals surface area (Å²) in [6.07, 6.45) is 1.64. The third-order valence-corrected chi connectivity index (χ3v) is 5.57. The molecule has 1 N–H and O–H groups in total. The van der Waals surface area contributed by atoms with Crippen LogP contribution in [0.2, 0.25) is 20.1 Å². The van der Waals surface area contributed by atoms with Gasteiger partial charge in [0.25, 0.3) is 11.8 Å². The summed E-state index contributed by atoms with van der Waals surface area (Å²) in [7, 11) is 0. The Morgan fingerprint density at radius 3 is 1.86 bits per heavy atom. The highest BCUT2D eigenvalue weighted by Crippen LogP contribution is 2.45. The molecular formula is C13H10Cl4N2O2. The quantitative estimate of drug-likeness (QED) is 0.468. The Bertz CT molecular complexity index is 609. The van der Waals surface area contributed by atoms with E-state index in [1.165, 1.54) is 4.90 Å². The number of hydrogen-bond donors (Lipinski definition) is 1. The molecule has 21 heavy (non-hydrogen) atoms. The van der Waals surface area contributed by atoms with Gasteiger partial charge in [-0.3, -0.25) is 14.5 Å². The molecule has 2 aliphatic heterocycles. The SMILES string of the molecule is O=C1c2c(Cl)c(Cl)c(Cl)c(Cl)c2C(=O)N1[C@H]1CCCNC1. The van der Waals surface area contributed by atoms with Crippen LogP contribution in [-0.4, -0.2) is 35.8 Å². The molecule has 1 aromatic rings. The Morgan fingerprint density at radius 2 is 1.43 bits per heavy atom. The molecule has 1 fully saturated rings. The summed E-state index contributed by atoms with van der Waals surface area (Å²) in [4.78, 5) is 26.4. The number of fused-ring (bicyclic) bond motifs is 1. The van der Waals surface area contributed by atoms with Gasteiger partial charge in [0.15, 0.2) is 0 Å². The van der Waals surface area contributed by atoms with Gasteiger partial charge < -0.3 is 5.32 Å². The molecule has 0 radical (unpaired) electrons. The van der Waals surface area contributed by atoms with Crippen LogP contribution in [0.5, 0.6) is 0 Å². The fourth-order valence-corrected chi connectivity index (χ4v) is 3.77. The number of carbonyl (C=O) groups excluding carboxylic acids is 2. The number of hydrogen-bond acceptors (Lipinski definition) is 3. The first-order chi connectivity index (χ1) is 9.95. The molecule has 112 valence electrons. The molecular weight excluding hydrogens is 358 g/mol. The minimum atomic E-state index is -0.464. The van der Waals surface area contributed by atoms with Crippen LogP contribution in [0.4, 0.5) is 0 Å². The van der Waals surface area contributed by atoms with Crippen molar-refractivity contribution in [2.24, 2.45) is 0 Å². The number of halogens is 4. The highest BCUT2D eigenvalue weighted by molar-refractivity contribution is 6.55. The molecule has 1 aromatic carbocycles. The summed E-state index contributed by atoms with van der Waals surface area (Å²) in [5, 5.41) is 3.11. The smallest absolute Gasteiger partial charge is 0.263 e. The van der Waals surface area contributed by atoms with E-state index in [2.05, 4.69) is 5.32 Å². The third-order valence-electron chi connectivity index (χ3n) is 3.77. The first-order valence-electron chi connectivity index (χ1n) is 6.39. The highest BCUT2D eigenvalue weighted by Gasteiger charge is 2.44. The van der Waals surface area contributed by atoms with Crippen molar-refractivity contribution in [1.29, 1.82) is 0 Å². The van der Waals surface area contributed by atoms with Crippen molar-refractivity contribution in [3.8, 4) is 0 Å². The Labute approximate surface area is 141 Å². The van der Waals surface area contributed by atoms with E-state index in [0.29, 0.717) is 6.54 Å². The predicted molar refractivity (Wildman–Crippen MR) is 82.9 cm³/mol. The lowest BCUT2D eigenvalue weighted by Gasteiger charge is -2.29. The van der Waals surface area contributed by atoms with Gasteiger partial charge in [0.2, 0.25) is 0 Å². The minimum absolute atomic E-state index is 0.00754. The number of carbonyl (C=O) groups is 2. The number of piperidine rings is 1. The molecule has 4 nitrogen and oxygen atoms in total. The Morgan fingerprint density at radius 1 is 0.905 bits per heavy atom. The van der Waals surface area contributed by atoms with Crippen molar-refractivity contribution in [2.75, 3.05) is 13.1 Å². The van der Waals surface area contributed by atoms with Gasteiger partial charge in [-0.05, 0) is 19.4 Å². The zero-order chi connectivity index (χ0) is 15.3. The van der Waals surface area contributed by atoms with Gasteiger partial charge in [-0.25, -0.2) is 0 Å². The average molecular weight is 368 g/mol. The van der Waals surface area contributed by atoms with E-state index in [1.807, 2.05) is 0 Å². The number of amides is 2. The fourth-order valence-electron chi connectivity index (χ4n) is 2.75. The van der Waals surface area contributed by atoms with Gasteiger partial charge in [0, 0.05) is 6.54 Å². The first kappa shape index (κ1) is 15.4. The van der Waals surface area contributed by atoms with E-state index in [0.717, 1.165) is 19.4 Å². The molecule has 8 heteroatoms. The second-order valence-electron chi connectivity index (χ2n) is 4.99. The molecule has 2 aliphatic rings. The molecule has 0 bridgehead atoms. The van der Waals surface area contributed by atoms with Gasteiger partial charge in [-0.15, -0.1) is 0 Å². The van der Waals surface area contributed by atoms with Crippen molar-refractivity contribution in [2.45, 2.75) is 18.9 Å². The highest BCUT2D eigenvalue weighted by atomic mass is 35.5. The number of rotatable bonds is 1.